The molecule has 0 atom stereocenters. The summed E-state index contributed by atoms with van der Waals surface area (Å²) in [6, 6.07) is 4.66. The zero-order chi connectivity index (χ0) is 12.3. The first kappa shape index (κ1) is 13.1. The smallest absolute Gasteiger partial charge is 0.365 e. The van der Waals surface area contributed by atoms with Gasteiger partial charge in [-0.2, -0.15) is 13.2 Å². The molecule has 2 nitrogen and oxygen atoms in total. The molecule has 1 rings (SSSR count). The van der Waals surface area contributed by atoms with Gasteiger partial charge >= 0.3 is 6.18 Å². The van der Waals surface area contributed by atoms with Crippen molar-refractivity contribution in [2.45, 2.75) is 12.7 Å². The molecule has 0 aliphatic carbocycles. The minimum absolute atomic E-state index is 0.151. The van der Waals surface area contributed by atoms with Crippen LogP contribution in [0.5, 0.6) is 0 Å². The normalized spacial score (nSPS) is 11.6. The fourth-order valence-corrected chi connectivity index (χ4v) is 1.64. The monoisotopic (exact) mass is 252 g/mol. The second kappa shape index (κ2) is 4.93. The standard InChI is InChI=1S/C10H12ClF3N2/c1-16(6-10(12,13)14)9-3-2-8(11)4-7(9)5-15/h2-4H,5-6,15H2,1H3. The van der Waals surface area contributed by atoms with Gasteiger partial charge in [-0.1, -0.05) is 11.6 Å². The van der Waals surface area contributed by atoms with E-state index in [2.05, 4.69) is 0 Å². The quantitative estimate of drug-likeness (QED) is 0.896. The van der Waals surface area contributed by atoms with Crippen molar-refractivity contribution in [3.05, 3.63) is 28.8 Å². The summed E-state index contributed by atoms with van der Waals surface area (Å²) in [5.74, 6) is 0. The molecule has 0 aromatic heterocycles. The summed E-state index contributed by atoms with van der Waals surface area (Å²) in [5, 5.41) is 0.463. The van der Waals surface area contributed by atoms with Gasteiger partial charge < -0.3 is 10.6 Å². The molecule has 0 aliphatic rings. The topological polar surface area (TPSA) is 29.3 Å². The van der Waals surface area contributed by atoms with E-state index in [1.54, 1.807) is 12.1 Å². The maximum Gasteiger partial charge on any atom is 0.405 e. The van der Waals surface area contributed by atoms with Crippen LogP contribution in [0.4, 0.5) is 18.9 Å². The Morgan fingerprint density at radius 3 is 2.50 bits per heavy atom. The summed E-state index contributed by atoms with van der Waals surface area (Å²) in [7, 11) is 1.37. The maximum atomic E-state index is 12.2. The van der Waals surface area contributed by atoms with E-state index in [1.807, 2.05) is 0 Å². The summed E-state index contributed by atoms with van der Waals surface area (Å²) in [4.78, 5) is 1.11. The van der Waals surface area contributed by atoms with Crippen molar-refractivity contribution in [2.24, 2.45) is 5.73 Å². The highest BCUT2D eigenvalue weighted by molar-refractivity contribution is 6.30. The van der Waals surface area contributed by atoms with Crippen molar-refractivity contribution >= 4 is 17.3 Å². The molecule has 0 heterocycles. The Hall–Kier alpha value is -0.940. The second-order valence-electron chi connectivity index (χ2n) is 3.45. The molecule has 0 saturated carbocycles. The van der Waals surface area contributed by atoms with E-state index in [4.69, 9.17) is 17.3 Å². The lowest BCUT2D eigenvalue weighted by atomic mass is 10.1. The average Bonchev–Trinajstić information content (AvgIpc) is 2.14. The maximum absolute atomic E-state index is 12.2. The highest BCUT2D eigenvalue weighted by Crippen LogP contribution is 2.26. The molecule has 16 heavy (non-hydrogen) atoms. The summed E-state index contributed by atoms with van der Waals surface area (Å²) < 4.78 is 36.6. The number of alkyl halides is 3. The highest BCUT2D eigenvalue weighted by Gasteiger charge is 2.29. The van der Waals surface area contributed by atoms with Gasteiger partial charge in [0.25, 0.3) is 0 Å². The molecule has 0 spiro atoms. The van der Waals surface area contributed by atoms with Crippen molar-refractivity contribution in [1.29, 1.82) is 0 Å². The molecule has 1 aromatic carbocycles. The van der Waals surface area contributed by atoms with Gasteiger partial charge in [0.1, 0.15) is 6.54 Å². The van der Waals surface area contributed by atoms with E-state index in [1.165, 1.54) is 13.1 Å². The van der Waals surface area contributed by atoms with Crippen molar-refractivity contribution in [3.8, 4) is 0 Å². The van der Waals surface area contributed by atoms with Crippen LogP contribution in [0.2, 0.25) is 5.02 Å². The Morgan fingerprint density at radius 2 is 2.00 bits per heavy atom. The van der Waals surface area contributed by atoms with E-state index >= 15 is 0 Å². The van der Waals surface area contributed by atoms with Crippen LogP contribution < -0.4 is 10.6 Å². The van der Waals surface area contributed by atoms with Crippen molar-refractivity contribution < 1.29 is 13.2 Å². The third kappa shape index (κ3) is 3.57. The van der Waals surface area contributed by atoms with E-state index in [0.29, 0.717) is 16.3 Å². The minimum Gasteiger partial charge on any atom is -0.365 e. The minimum atomic E-state index is -4.24. The van der Waals surface area contributed by atoms with Gasteiger partial charge in [0.15, 0.2) is 0 Å². The van der Waals surface area contributed by atoms with Crippen LogP contribution in [0.25, 0.3) is 0 Å². The number of halogens is 4. The van der Waals surface area contributed by atoms with Crippen LogP contribution in [0, 0.1) is 0 Å². The molecule has 0 radical (unpaired) electrons. The number of nitrogens with two attached hydrogens (primary N) is 1. The molecule has 0 saturated heterocycles. The van der Waals surface area contributed by atoms with Crippen LogP contribution in [0.1, 0.15) is 5.56 Å². The zero-order valence-electron chi connectivity index (χ0n) is 8.68. The third-order valence-corrected chi connectivity index (χ3v) is 2.32. The van der Waals surface area contributed by atoms with Gasteiger partial charge in [-0.25, -0.2) is 0 Å². The number of hydrogen-bond acceptors (Lipinski definition) is 2. The summed E-state index contributed by atoms with van der Waals surface area (Å²) in [6.45, 7) is -0.861. The first-order chi connectivity index (χ1) is 7.33. The van der Waals surface area contributed by atoms with Crippen molar-refractivity contribution in [2.75, 3.05) is 18.5 Å². The molecular formula is C10H12ClF3N2. The van der Waals surface area contributed by atoms with E-state index in [9.17, 15) is 13.2 Å². The lowest BCUT2D eigenvalue weighted by Gasteiger charge is -2.23. The molecule has 90 valence electrons. The SMILES string of the molecule is CN(CC(F)(F)F)c1ccc(Cl)cc1CN. The van der Waals surface area contributed by atoms with Gasteiger partial charge in [0.05, 0.1) is 0 Å². The third-order valence-electron chi connectivity index (χ3n) is 2.09. The van der Waals surface area contributed by atoms with Crippen LogP contribution in [0.15, 0.2) is 18.2 Å². The molecule has 0 bridgehead atoms. The summed E-state index contributed by atoms with van der Waals surface area (Å²) in [5.41, 5.74) is 6.50. The van der Waals surface area contributed by atoms with Gasteiger partial charge in [-0.05, 0) is 23.8 Å². The second-order valence-corrected chi connectivity index (χ2v) is 3.88. The van der Waals surface area contributed by atoms with E-state index in [0.717, 1.165) is 4.90 Å². The number of nitrogens with zero attached hydrogens (tertiary/aromatic N) is 1. The lowest BCUT2D eigenvalue weighted by Crippen LogP contribution is -2.31. The Morgan fingerprint density at radius 1 is 1.38 bits per heavy atom. The largest absolute Gasteiger partial charge is 0.405 e. The van der Waals surface area contributed by atoms with Crippen molar-refractivity contribution in [1.82, 2.24) is 0 Å². The molecule has 0 aliphatic heterocycles. The van der Waals surface area contributed by atoms with Crippen LogP contribution in [0.3, 0.4) is 0 Å². The molecule has 2 N–H and O–H groups in total. The Labute approximate surface area is 96.8 Å². The van der Waals surface area contributed by atoms with Crippen LogP contribution in [-0.2, 0) is 6.54 Å². The molecular weight excluding hydrogens is 241 g/mol. The Kier molecular flexibility index (Phi) is 4.04. The van der Waals surface area contributed by atoms with Gasteiger partial charge in [-0.15, -0.1) is 0 Å². The first-order valence-corrected chi connectivity index (χ1v) is 4.97. The summed E-state index contributed by atoms with van der Waals surface area (Å²) in [6.07, 6.45) is -4.24. The van der Waals surface area contributed by atoms with Crippen LogP contribution in [-0.4, -0.2) is 19.8 Å². The van der Waals surface area contributed by atoms with Crippen LogP contribution >= 0.6 is 11.6 Å². The fraction of sp³-hybridized carbons (Fsp3) is 0.400. The Balaban J connectivity index is 2.94. The van der Waals surface area contributed by atoms with E-state index in [-0.39, 0.29) is 6.54 Å². The molecule has 0 unspecified atom stereocenters. The molecule has 6 heteroatoms. The number of benzene rings is 1. The van der Waals surface area contributed by atoms with E-state index < -0.39 is 12.7 Å². The number of anilines is 1. The number of hydrogen-bond donors (Lipinski definition) is 1. The lowest BCUT2D eigenvalue weighted by molar-refractivity contribution is -0.119. The predicted octanol–water partition coefficient (Wildman–Crippen LogP) is 2.80. The van der Waals surface area contributed by atoms with Gasteiger partial charge in [-0.3, -0.25) is 0 Å². The Bertz CT molecular complexity index is 366. The molecule has 0 fully saturated rings. The number of rotatable bonds is 3. The summed E-state index contributed by atoms with van der Waals surface area (Å²) >= 11 is 5.74. The molecule has 1 aromatic rings. The average molecular weight is 253 g/mol. The fourth-order valence-electron chi connectivity index (χ4n) is 1.44. The van der Waals surface area contributed by atoms with Gasteiger partial charge in [0.2, 0.25) is 0 Å². The van der Waals surface area contributed by atoms with Gasteiger partial charge in [0, 0.05) is 24.3 Å². The molecule has 0 amide bonds. The van der Waals surface area contributed by atoms with Crippen molar-refractivity contribution in [3.63, 3.8) is 0 Å². The first-order valence-electron chi connectivity index (χ1n) is 4.60. The predicted molar refractivity (Wildman–Crippen MR) is 58.7 cm³/mol. The zero-order valence-corrected chi connectivity index (χ0v) is 9.44. The highest BCUT2D eigenvalue weighted by atomic mass is 35.5.